The number of anilines is 1. The molecule has 3 rings (SSSR count). The monoisotopic (exact) mass is 730 g/mol. The predicted molar refractivity (Wildman–Crippen MR) is 195 cm³/mol. The van der Waals surface area contributed by atoms with Gasteiger partial charge >= 0.3 is 20.1 Å². The van der Waals surface area contributed by atoms with E-state index in [0.717, 1.165) is 42.6 Å². The van der Waals surface area contributed by atoms with Gasteiger partial charge in [0.25, 0.3) is 0 Å². The van der Waals surface area contributed by atoms with Crippen molar-refractivity contribution in [3.63, 3.8) is 0 Å². The van der Waals surface area contributed by atoms with Crippen LogP contribution < -0.4 is 11.1 Å². The van der Waals surface area contributed by atoms with Gasteiger partial charge in [0, 0.05) is 18.5 Å². The third-order valence-electron chi connectivity index (χ3n) is 8.71. The van der Waals surface area contributed by atoms with E-state index in [9.17, 15) is 23.7 Å². The Labute approximate surface area is 303 Å². The molecular formula is C37H57N5O8P+. The normalized spacial score (nSPS) is 15.8. The molecule has 3 amide bonds. The molecule has 14 heteroatoms. The number of nitrogens with two attached hydrogens (primary N) is 1. The highest BCUT2D eigenvalue weighted by Crippen LogP contribution is 2.34. The number of carbonyl (C=O) groups excluding carboxylic acids is 4. The Morgan fingerprint density at radius 1 is 1.10 bits per heavy atom. The summed E-state index contributed by atoms with van der Waals surface area (Å²) in [6, 6.07) is 8.28. The number of nitrogens with one attached hydrogen (secondary N) is 2. The fourth-order valence-corrected chi connectivity index (χ4v) is 7.53. The number of benzene rings is 1. The molecular weight excluding hydrogens is 673 g/mol. The van der Waals surface area contributed by atoms with E-state index in [1.165, 1.54) is 13.3 Å². The standard InChI is InChI=1S/C37H56N5O8P/c1-25(2)20-28(34(45)48-6)24-51(47)50-31(21-27-16-11-8-12-17-27)41-33(44)30(22-29-23-39-35(38)40-29)42(36(46)49-37(3,4)5)32(43)19-13-18-26-14-9-7-10-15-26/h7,9-10,14-15,23,25,27-28,30-31H,8,11-13,16-22,24H2,1-6H3,(H3-,38,39,40,41,44)/p+1/t28?,30-,31?/m0/s1. The first-order chi connectivity index (χ1) is 24.1. The highest BCUT2D eigenvalue weighted by molar-refractivity contribution is 7.39. The van der Waals surface area contributed by atoms with Crippen LogP contribution in [0, 0.1) is 17.8 Å². The van der Waals surface area contributed by atoms with Gasteiger partial charge in [0.1, 0.15) is 17.6 Å². The van der Waals surface area contributed by atoms with Crippen LogP contribution in [-0.2, 0) is 45.8 Å². The van der Waals surface area contributed by atoms with Gasteiger partial charge < -0.3 is 25.5 Å². The molecule has 1 aliphatic carbocycles. The molecule has 1 aliphatic rings. The van der Waals surface area contributed by atoms with Crippen LogP contribution in [0.25, 0.3) is 0 Å². The molecule has 13 nitrogen and oxygen atoms in total. The zero-order chi connectivity index (χ0) is 37.6. The van der Waals surface area contributed by atoms with E-state index in [4.69, 9.17) is 19.7 Å². The van der Waals surface area contributed by atoms with Crippen LogP contribution in [0.15, 0.2) is 36.5 Å². The van der Waals surface area contributed by atoms with Crippen molar-refractivity contribution < 1.29 is 37.7 Å². The maximum absolute atomic E-state index is 14.4. The molecule has 4 N–H and O–H groups in total. The molecule has 282 valence electrons. The summed E-state index contributed by atoms with van der Waals surface area (Å²) in [5, 5.41) is 2.89. The van der Waals surface area contributed by atoms with Crippen LogP contribution in [0.2, 0.25) is 0 Å². The second-order valence-electron chi connectivity index (χ2n) is 14.8. The quantitative estimate of drug-likeness (QED) is 0.0848. The van der Waals surface area contributed by atoms with Gasteiger partial charge in [-0.15, -0.1) is 4.52 Å². The number of methoxy groups -OCH3 is 1. The van der Waals surface area contributed by atoms with Gasteiger partial charge in [-0.05, 0) is 68.4 Å². The highest BCUT2D eigenvalue weighted by atomic mass is 31.1. The topological polar surface area (TPSA) is 183 Å². The third-order valence-corrected chi connectivity index (χ3v) is 9.94. The van der Waals surface area contributed by atoms with Crippen LogP contribution in [0.1, 0.15) is 104 Å². The van der Waals surface area contributed by atoms with E-state index in [1.54, 1.807) is 20.8 Å². The Bertz CT molecular complexity index is 1440. The van der Waals surface area contributed by atoms with Crippen molar-refractivity contribution in [3.8, 4) is 0 Å². The maximum Gasteiger partial charge on any atom is 0.511 e. The Balaban J connectivity index is 1.92. The molecule has 1 aromatic carbocycles. The molecule has 0 saturated heterocycles. The fraction of sp³-hybridized carbons (Fsp3) is 0.649. The SMILES string of the molecule is COC(=O)C(CC(C)C)C[P+](=O)OC(CC1CCCCC1)NC(=O)[C@H](Cc1cnc(N)[nH]1)N(C(=O)CCCc1ccccc1)C(=O)OC(C)(C)C. The summed E-state index contributed by atoms with van der Waals surface area (Å²) >= 11 is 0. The number of aryl methyl sites for hydroxylation is 1. The first kappa shape index (κ1) is 41.6. The van der Waals surface area contributed by atoms with Crippen molar-refractivity contribution in [1.82, 2.24) is 20.2 Å². The van der Waals surface area contributed by atoms with Gasteiger partial charge in [-0.2, -0.15) is 0 Å². The van der Waals surface area contributed by atoms with Crippen molar-refractivity contribution in [2.24, 2.45) is 17.8 Å². The second kappa shape index (κ2) is 20.3. The fourth-order valence-electron chi connectivity index (χ4n) is 6.37. The van der Waals surface area contributed by atoms with Gasteiger partial charge in [0.05, 0.1) is 13.3 Å². The molecule has 0 spiro atoms. The minimum atomic E-state index is -2.41. The first-order valence-electron chi connectivity index (χ1n) is 18.0. The summed E-state index contributed by atoms with van der Waals surface area (Å²) in [5.41, 5.74) is 6.34. The van der Waals surface area contributed by atoms with Crippen LogP contribution >= 0.6 is 8.03 Å². The number of nitrogens with zero attached hydrogens (tertiary/aromatic N) is 2. The molecule has 3 unspecified atom stereocenters. The van der Waals surface area contributed by atoms with Crippen LogP contribution in [0.4, 0.5) is 10.7 Å². The number of ether oxygens (including phenoxy) is 2. The van der Waals surface area contributed by atoms with Crippen LogP contribution in [-0.4, -0.2) is 69.9 Å². The number of H-pyrrole nitrogens is 1. The molecule has 51 heavy (non-hydrogen) atoms. The molecule has 0 aliphatic heterocycles. The molecule has 2 aromatic rings. The van der Waals surface area contributed by atoms with Gasteiger partial charge in [0.15, 0.2) is 18.3 Å². The van der Waals surface area contributed by atoms with Crippen molar-refractivity contribution in [3.05, 3.63) is 47.8 Å². The lowest BCUT2D eigenvalue weighted by Crippen LogP contribution is -2.56. The molecule has 1 saturated carbocycles. The summed E-state index contributed by atoms with van der Waals surface area (Å²) in [4.78, 5) is 62.4. The molecule has 0 bridgehead atoms. The van der Waals surface area contributed by atoms with Crippen molar-refractivity contribution in [2.45, 2.75) is 123 Å². The van der Waals surface area contributed by atoms with Crippen molar-refractivity contribution in [1.29, 1.82) is 0 Å². The maximum atomic E-state index is 14.4. The van der Waals surface area contributed by atoms with Gasteiger partial charge in [-0.25, -0.2) is 14.7 Å². The predicted octanol–water partition coefficient (Wildman–Crippen LogP) is 6.70. The lowest BCUT2D eigenvalue weighted by Gasteiger charge is -2.32. The lowest BCUT2D eigenvalue weighted by atomic mass is 9.86. The zero-order valence-electron chi connectivity index (χ0n) is 31.0. The van der Waals surface area contributed by atoms with Crippen LogP contribution in [0.5, 0.6) is 0 Å². The first-order valence-corrected chi connectivity index (χ1v) is 19.4. The van der Waals surface area contributed by atoms with Crippen molar-refractivity contribution >= 4 is 37.9 Å². The summed E-state index contributed by atoms with van der Waals surface area (Å²) in [5.74, 6) is -1.93. The number of esters is 1. The second-order valence-corrected chi connectivity index (χ2v) is 16.0. The number of hydrogen-bond acceptors (Lipinski definition) is 10. The highest BCUT2D eigenvalue weighted by Gasteiger charge is 2.41. The number of carbonyl (C=O) groups is 4. The number of rotatable bonds is 18. The Morgan fingerprint density at radius 2 is 1.78 bits per heavy atom. The number of aromatic amines is 1. The van der Waals surface area contributed by atoms with Gasteiger partial charge in [-0.3, -0.25) is 14.4 Å². The number of amides is 3. The van der Waals surface area contributed by atoms with Crippen LogP contribution in [0.3, 0.4) is 0 Å². The molecule has 1 fully saturated rings. The Hall–Kier alpha value is -3.83. The average Bonchev–Trinajstić information content (AvgIpc) is 3.47. The van der Waals surface area contributed by atoms with E-state index >= 15 is 0 Å². The molecule has 1 heterocycles. The third kappa shape index (κ3) is 14.7. The Morgan fingerprint density at radius 3 is 2.37 bits per heavy atom. The van der Waals surface area contributed by atoms with Crippen molar-refractivity contribution in [2.75, 3.05) is 19.0 Å². The van der Waals surface area contributed by atoms with E-state index in [-0.39, 0.29) is 36.8 Å². The largest absolute Gasteiger partial charge is 0.511 e. The molecule has 1 aromatic heterocycles. The number of aromatic nitrogens is 2. The summed E-state index contributed by atoms with van der Waals surface area (Å²) in [6.07, 6.45) is 6.11. The number of imide groups is 1. The lowest BCUT2D eigenvalue weighted by molar-refractivity contribution is -0.145. The number of nitrogen functional groups attached to an aromatic ring is 1. The van der Waals surface area contributed by atoms with E-state index in [1.807, 2.05) is 44.2 Å². The summed E-state index contributed by atoms with van der Waals surface area (Å²) in [7, 11) is -1.11. The minimum Gasteiger partial charge on any atom is -0.469 e. The van der Waals surface area contributed by atoms with E-state index in [2.05, 4.69) is 15.3 Å². The van der Waals surface area contributed by atoms with E-state index in [0.29, 0.717) is 31.4 Å². The number of hydrogen-bond donors (Lipinski definition) is 3. The average molecular weight is 731 g/mol. The Kier molecular flexibility index (Phi) is 16.5. The summed E-state index contributed by atoms with van der Waals surface area (Å²) < 4.78 is 30.2. The summed E-state index contributed by atoms with van der Waals surface area (Å²) in [6.45, 7) is 8.96. The molecule has 0 radical (unpaired) electrons. The van der Waals surface area contributed by atoms with Gasteiger partial charge in [0.2, 0.25) is 11.8 Å². The minimum absolute atomic E-state index is 0.0261. The smallest absolute Gasteiger partial charge is 0.469 e. The number of imidazole rings is 1. The van der Waals surface area contributed by atoms with Gasteiger partial charge in [-0.1, -0.05) is 76.3 Å². The van der Waals surface area contributed by atoms with E-state index < -0.39 is 55.7 Å². The zero-order valence-corrected chi connectivity index (χ0v) is 31.9. The molecule has 4 atom stereocenters.